The van der Waals surface area contributed by atoms with E-state index in [4.69, 9.17) is 16.7 Å². The Morgan fingerprint density at radius 1 is 1.47 bits per heavy atom. The standard InChI is InChI=1S/C10H12ClN5O2S/c1-16-6-7(14-15-16)5-13-10-4-8(19(12,17)18)2-3-9(10)11/h2-4,6,13H,5H2,1H3,(H2,12,17,18). The molecule has 0 fully saturated rings. The number of anilines is 1. The van der Waals surface area contributed by atoms with E-state index in [1.165, 1.54) is 18.2 Å². The van der Waals surface area contributed by atoms with Crippen LogP contribution in [-0.4, -0.2) is 23.4 Å². The second kappa shape index (κ2) is 5.16. The van der Waals surface area contributed by atoms with Gasteiger partial charge in [0.05, 0.1) is 22.2 Å². The molecule has 0 aliphatic heterocycles. The van der Waals surface area contributed by atoms with Crippen LogP contribution >= 0.6 is 11.6 Å². The Labute approximate surface area is 115 Å². The molecular weight excluding hydrogens is 290 g/mol. The lowest BCUT2D eigenvalue weighted by Crippen LogP contribution is -2.12. The van der Waals surface area contributed by atoms with Gasteiger partial charge < -0.3 is 5.32 Å². The van der Waals surface area contributed by atoms with Crippen molar-refractivity contribution in [1.29, 1.82) is 0 Å². The summed E-state index contributed by atoms with van der Waals surface area (Å²) < 4.78 is 24.1. The van der Waals surface area contributed by atoms with Gasteiger partial charge in [-0.25, -0.2) is 13.6 Å². The number of aryl methyl sites for hydroxylation is 1. The fraction of sp³-hybridized carbons (Fsp3) is 0.200. The molecule has 0 amide bonds. The van der Waals surface area contributed by atoms with Crippen molar-refractivity contribution in [3.05, 3.63) is 35.1 Å². The molecule has 19 heavy (non-hydrogen) atoms. The normalized spacial score (nSPS) is 11.5. The molecule has 0 bridgehead atoms. The SMILES string of the molecule is Cn1cc(CNc2cc(S(N)(=O)=O)ccc2Cl)nn1. The number of nitrogens with two attached hydrogens (primary N) is 1. The minimum absolute atomic E-state index is 0.00135. The summed E-state index contributed by atoms with van der Waals surface area (Å²) >= 11 is 5.98. The Hall–Kier alpha value is -1.64. The first kappa shape index (κ1) is 13.8. The van der Waals surface area contributed by atoms with Crippen LogP contribution in [0.25, 0.3) is 0 Å². The summed E-state index contributed by atoms with van der Waals surface area (Å²) in [6.45, 7) is 0.377. The van der Waals surface area contributed by atoms with Gasteiger partial charge in [-0.3, -0.25) is 4.68 Å². The molecule has 0 saturated heterocycles. The summed E-state index contributed by atoms with van der Waals surface area (Å²) in [7, 11) is -2.00. The molecule has 0 aliphatic rings. The first-order chi connectivity index (χ1) is 8.86. The number of hydrogen-bond donors (Lipinski definition) is 2. The number of sulfonamides is 1. The van der Waals surface area contributed by atoms with Crippen molar-refractivity contribution in [2.75, 3.05) is 5.32 Å². The van der Waals surface area contributed by atoms with E-state index in [0.717, 1.165) is 0 Å². The smallest absolute Gasteiger partial charge is 0.238 e. The van der Waals surface area contributed by atoms with Gasteiger partial charge in [0.2, 0.25) is 10.0 Å². The average Bonchev–Trinajstić information content (AvgIpc) is 2.72. The fourth-order valence-electron chi connectivity index (χ4n) is 1.48. The second-order valence-electron chi connectivity index (χ2n) is 3.92. The van der Waals surface area contributed by atoms with Crippen LogP contribution in [0, 0.1) is 0 Å². The highest BCUT2D eigenvalue weighted by molar-refractivity contribution is 7.89. The van der Waals surface area contributed by atoms with Crippen LogP contribution in [0.4, 0.5) is 5.69 Å². The van der Waals surface area contributed by atoms with Crippen LogP contribution in [0.2, 0.25) is 5.02 Å². The van der Waals surface area contributed by atoms with Crippen molar-refractivity contribution < 1.29 is 8.42 Å². The number of benzene rings is 1. The fourth-order valence-corrected chi connectivity index (χ4v) is 2.20. The van der Waals surface area contributed by atoms with E-state index >= 15 is 0 Å². The molecule has 102 valence electrons. The molecule has 0 aliphatic carbocycles. The number of primary sulfonamides is 1. The molecule has 7 nitrogen and oxygen atoms in total. The first-order valence-electron chi connectivity index (χ1n) is 5.27. The van der Waals surface area contributed by atoms with E-state index in [9.17, 15) is 8.42 Å². The van der Waals surface area contributed by atoms with E-state index in [1.807, 2.05) is 0 Å². The number of nitrogens with one attached hydrogen (secondary N) is 1. The summed E-state index contributed by atoms with van der Waals surface area (Å²) in [4.78, 5) is -0.00135. The van der Waals surface area contributed by atoms with Gasteiger partial charge in [-0.15, -0.1) is 5.10 Å². The zero-order valence-electron chi connectivity index (χ0n) is 10.0. The molecule has 0 atom stereocenters. The van der Waals surface area contributed by atoms with Crippen LogP contribution in [0.15, 0.2) is 29.3 Å². The zero-order chi connectivity index (χ0) is 14.0. The van der Waals surface area contributed by atoms with Crippen molar-refractivity contribution in [2.45, 2.75) is 11.4 Å². The lowest BCUT2D eigenvalue weighted by Gasteiger charge is -2.08. The summed E-state index contributed by atoms with van der Waals surface area (Å²) in [6, 6.07) is 4.21. The van der Waals surface area contributed by atoms with Crippen LogP contribution in [0.3, 0.4) is 0 Å². The van der Waals surface area contributed by atoms with Crippen LogP contribution < -0.4 is 10.5 Å². The monoisotopic (exact) mass is 301 g/mol. The largest absolute Gasteiger partial charge is 0.378 e. The molecule has 2 aromatic rings. The summed E-state index contributed by atoms with van der Waals surface area (Å²) in [5.41, 5.74) is 1.18. The topological polar surface area (TPSA) is 103 Å². The van der Waals surface area contributed by atoms with Crippen molar-refractivity contribution >= 4 is 27.3 Å². The number of halogens is 1. The Morgan fingerprint density at radius 2 is 2.21 bits per heavy atom. The van der Waals surface area contributed by atoms with Crippen molar-refractivity contribution in [2.24, 2.45) is 12.2 Å². The molecule has 9 heteroatoms. The van der Waals surface area contributed by atoms with Gasteiger partial charge in [0.25, 0.3) is 0 Å². The predicted molar refractivity (Wildman–Crippen MR) is 71.2 cm³/mol. The Bertz CT molecular complexity index is 698. The van der Waals surface area contributed by atoms with Crippen molar-refractivity contribution in [3.8, 4) is 0 Å². The summed E-state index contributed by atoms with van der Waals surface area (Å²) in [5, 5.41) is 16.1. The maximum absolute atomic E-state index is 11.3. The van der Waals surface area contributed by atoms with Gasteiger partial charge in [0.1, 0.15) is 5.69 Å². The summed E-state index contributed by atoms with van der Waals surface area (Å²) in [6.07, 6.45) is 1.74. The quantitative estimate of drug-likeness (QED) is 0.866. The van der Waals surface area contributed by atoms with Crippen LogP contribution in [0.1, 0.15) is 5.69 Å². The molecule has 0 unspecified atom stereocenters. The molecule has 2 rings (SSSR count). The molecule has 0 spiro atoms. The molecular formula is C10H12ClN5O2S. The maximum atomic E-state index is 11.3. The van der Waals surface area contributed by atoms with E-state index in [2.05, 4.69) is 15.6 Å². The van der Waals surface area contributed by atoms with Gasteiger partial charge >= 0.3 is 0 Å². The lowest BCUT2D eigenvalue weighted by atomic mass is 10.3. The van der Waals surface area contributed by atoms with Gasteiger partial charge in [-0.2, -0.15) is 0 Å². The highest BCUT2D eigenvalue weighted by atomic mass is 35.5. The van der Waals surface area contributed by atoms with E-state index in [-0.39, 0.29) is 4.90 Å². The molecule has 0 radical (unpaired) electrons. The number of nitrogens with zero attached hydrogens (tertiary/aromatic N) is 3. The van der Waals surface area contributed by atoms with Gasteiger partial charge in [0, 0.05) is 13.2 Å². The van der Waals surface area contributed by atoms with E-state index in [1.54, 1.807) is 17.9 Å². The predicted octanol–water partition coefficient (Wildman–Crippen LogP) is 0.728. The van der Waals surface area contributed by atoms with Crippen LogP contribution in [0.5, 0.6) is 0 Å². The Kier molecular flexibility index (Phi) is 3.74. The first-order valence-corrected chi connectivity index (χ1v) is 7.20. The molecule has 1 aromatic carbocycles. The number of hydrogen-bond acceptors (Lipinski definition) is 5. The highest BCUT2D eigenvalue weighted by Crippen LogP contribution is 2.25. The van der Waals surface area contributed by atoms with E-state index < -0.39 is 10.0 Å². The average molecular weight is 302 g/mol. The van der Waals surface area contributed by atoms with Crippen molar-refractivity contribution in [3.63, 3.8) is 0 Å². The molecule has 3 N–H and O–H groups in total. The third-order valence-corrected chi connectivity index (χ3v) is 3.62. The highest BCUT2D eigenvalue weighted by Gasteiger charge is 2.11. The van der Waals surface area contributed by atoms with Gasteiger partial charge in [-0.05, 0) is 18.2 Å². The van der Waals surface area contributed by atoms with Gasteiger partial charge in [0.15, 0.2) is 0 Å². The maximum Gasteiger partial charge on any atom is 0.238 e. The number of rotatable bonds is 4. The molecule has 0 saturated carbocycles. The Morgan fingerprint density at radius 3 is 2.79 bits per heavy atom. The third-order valence-electron chi connectivity index (χ3n) is 2.38. The summed E-state index contributed by atoms with van der Waals surface area (Å²) in [5.74, 6) is 0. The van der Waals surface area contributed by atoms with Crippen molar-refractivity contribution in [1.82, 2.24) is 15.0 Å². The third kappa shape index (κ3) is 3.43. The van der Waals surface area contributed by atoms with Crippen LogP contribution in [-0.2, 0) is 23.6 Å². The lowest BCUT2D eigenvalue weighted by molar-refractivity contribution is 0.598. The zero-order valence-corrected chi connectivity index (χ0v) is 11.6. The Balaban J connectivity index is 2.20. The second-order valence-corrected chi connectivity index (χ2v) is 5.89. The molecule has 1 heterocycles. The van der Waals surface area contributed by atoms with Gasteiger partial charge in [-0.1, -0.05) is 16.8 Å². The molecule has 1 aromatic heterocycles. The minimum atomic E-state index is -3.75. The minimum Gasteiger partial charge on any atom is -0.378 e. The van der Waals surface area contributed by atoms with E-state index in [0.29, 0.717) is 22.9 Å². The number of aromatic nitrogens is 3.